The van der Waals surface area contributed by atoms with E-state index in [0.29, 0.717) is 24.5 Å². The zero-order chi connectivity index (χ0) is 24.0. The van der Waals surface area contributed by atoms with Crippen molar-refractivity contribution in [3.05, 3.63) is 69.7 Å². The monoisotopic (exact) mass is 451 g/mol. The zero-order valence-electron chi connectivity index (χ0n) is 19.1. The molecular formula is C24H29N5O4. The molecule has 1 fully saturated rings. The van der Waals surface area contributed by atoms with Crippen molar-refractivity contribution in [1.29, 1.82) is 0 Å². The Morgan fingerprint density at radius 3 is 2.39 bits per heavy atom. The predicted octanol–water partition coefficient (Wildman–Crippen LogP) is 2.99. The summed E-state index contributed by atoms with van der Waals surface area (Å²) in [5.41, 5.74) is 4.70. The number of rotatable bonds is 4. The van der Waals surface area contributed by atoms with Crippen molar-refractivity contribution in [2.45, 2.75) is 46.1 Å². The highest BCUT2D eigenvalue weighted by Crippen LogP contribution is 2.28. The summed E-state index contributed by atoms with van der Waals surface area (Å²) in [7, 11) is 0. The highest BCUT2D eigenvalue weighted by atomic mass is 16.3. The quantitative estimate of drug-likeness (QED) is 0.588. The van der Waals surface area contributed by atoms with Gasteiger partial charge in [0.25, 0.3) is 17.9 Å². The summed E-state index contributed by atoms with van der Waals surface area (Å²) < 4.78 is 1.97. The topological polar surface area (TPSA) is 121 Å². The minimum absolute atomic E-state index is 0.0519. The van der Waals surface area contributed by atoms with Crippen molar-refractivity contribution in [2.24, 2.45) is 0 Å². The fourth-order valence-electron chi connectivity index (χ4n) is 4.21. The highest BCUT2D eigenvalue weighted by Gasteiger charge is 2.25. The highest BCUT2D eigenvalue weighted by molar-refractivity contribution is 5.94. The molecule has 9 nitrogen and oxygen atoms in total. The van der Waals surface area contributed by atoms with E-state index in [1.54, 1.807) is 13.0 Å². The molecule has 1 saturated heterocycles. The van der Waals surface area contributed by atoms with Gasteiger partial charge in [0.1, 0.15) is 5.82 Å². The van der Waals surface area contributed by atoms with Crippen LogP contribution in [0.2, 0.25) is 0 Å². The second-order valence-corrected chi connectivity index (χ2v) is 7.96. The minimum Gasteiger partial charge on any atom is -0.483 e. The number of nitrogens with zero attached hydrogens (tertiary/aromatic N) is 4. The molecule has 3 heterocycles. The fourth-order valence-corrected chi connectivity index (χ4v) is 4.21. The molecule has 0 spiro atoms. The number of aryl methyl sites for hydroxylation is 2. The van der Waals surface area contributed by atoms with E-state index in [4.69, 9.17) is 9.90 Å². The van der Waals surface area contributed by atoms with Crippen molar-refractivity contribution in [3.63, 3.8) is 0 Å². The molecule has 9 heteroatoms. The van der Waals surface area contributed by atoms with Gasteiger partial charge in [-0.15, -0.1) is 0 Å². The first-order chi connectivity index (χ1) is 15.9. The van der Waals surface area contributed by atoms with Gasteiger partial charge in [-0.25, -0.2) is 4.98 Å². The Morgan fingerprint density at radius 2 is 1.85 bits per heavy atom. The maximum Gasteiger partial charge on any atom is 0.290 e. The van der Waals surface area contributed by atoms with Gasteiger partial charge in [0.05, 0.1) is 11.9 Å². The molecule has 0 radical (unpaired) electrons. The van der Waals surface area contributed by atoms with Crippen LogP contribution in [0.5, 0.6) is 0 Å². The summed E-state index contributed by atoms with van der Waals surface area (Å²) in [4.78, 5) is 42.1. The normalized spacial score (nSPS) is 13.8. The summed E-state index contributed by atoms with van der Waals surface area (Å²) in [5, 5.41) is 11.3. The lowest BCUT2D eigenvalue weighted by atomic mass is 9.92. The van der Waals surface area contributed by atoms with Crippen LogP contribution >= 0.6 is 0 Å². The Labute approximate surface area is 192 Å². The van der Waals surface area contributed by atoms with E-state index < -0.39 is 0 Å². The van der Waals surface area contributed by atoms with Crippen LogP contribution in [0.4, 0.5) is 0 Å². The van der Waals surface area contributed by atoms with Gasteiger partial charge in [0.2, 0.25) is 0 Å². The van der Waals surface area contributed by atoms with Gasteiger partial charge in [-0.3, -0.25) is 19.1 Å². The molecule has 1 aromatic carbocycles. The SMILES string of the molecule is CCn1ncc(-c2ccc(C(=O)N3CCC(c4cc(=O)[nH]c(C)n4)CC3)cc2)c1C.O=CO. The number of aromatic nitrogens is 4. The zero-order valence-corrected chi connectivity index (χ0v) is 19.1. The molecule has 0 aliphatic carbocycles. The van der Waals surface area contributed by atoms with Gasteiger partial charge in [-0.1, -0.05) is 12.1 Å². The van der Waals surface area contributed by atoms with Crippen LogP contribution in [0.1, 0.15) is 53.3 Å². The summed E-state index contributed by atoms with van der Waals surface area (Å²) in [6.07, 6.45) is 3.51. The Balaban J connectivity index is 0.000000968. The van der Waals surface area contributed by atoms with Crippen LogP contribution in [0.15, 0.2) is 41.3 Å². The standard InChI is InChI=1S/C23H27N5O2.CH2O2/c1-4-28-15(2)20(14-24-28)17-5-7-19(8-6-17)23(30)27-11-9-18(10-12-27)21-13-22(29)26-16(3)25-21;2-1-3/h5-8,13-14,18H,4,9-12H2,1-3H3,(H,25,26,29);1H,(H,2,3). The number of carboxylic acid groups (broad SMARTS) is 1. The first-order valence-corrected chi connectivity index (χ1v) is 11.0. The Hall–Kier alpha value is -3.75. The van der Waals surface area contributed by atoms with Crippen LogP contribution < -0.4 is 5.56 Å². The van der Waals surface area contributed by atoms with Crippen molar-refractivity contribution in [1.82, 2.24) is 24.6 Å². The number of aromatic amines is 1. The number of likely N-dealkylation sites (tertiary alicyclic amines) is 1. The third-order valence-electron chi connectivity index (χ3n) is 5.93. The van der Waals surface area contributed by atoms with Crippen LogP contribution in [0.25, 0.3) is 11.1 Å². The average Bonchev–Trinajstić information content (AvgIpc) is 3.19. The molecular weight excluding hydrogens is 422 g/mol. The third kappa shape index (κ3) is 5.54. The molecule has 2 aromatic heterocycles. The van der Waals surface area contributed by atoms with Crippen molar-refractivity contribution < 1.29 is 14.7 Å². The van der Waals surface area contributed by atoms with Crippen molar-refractivity contribution in [3.8, 4) is 11.1 Å². The number of nitrogens with one attached hydrogen (secondary N) is 1. The molecule has 1 amide bonds. The first kappa shape index (κ1) is 23.9. The van der Waals surface area contributed by atoms with E-state index in [1.807, 2.05) is 40.0 Å². The molecule has 0 atom stereocenters. The van der Waals surface area contributed by atoms with Gasteiger partial charge < -0.3 is 15.0 Å². The van der Waals surface area contributed by atoms with Crippen LogP contribution in [-0.2, 0) is 11.3 Å². The van der Waals surface area contributed by atoms with Crippen LogP contribution in [0.3, 0.4) is 0 Å². The van der Waals surface area contributed by atoms with Gasteiger partial charge in [-0.2, -0.15) is 5.10 Å². The average molecular weight is 452 g/mol. The number of carbonyl (C=O) groups excluding carboxylic acids is 1. The molecule has 0 saturated carbocycles. The molecule has 0 bridgehead atoms. The molecule has 174 valence electrons. The summed E-state index contributed by atoms with van der Waals surface area (Å²) >= 11 is 0. The molecule has 0 unspecified atom stereocenters. The molecule has 2 N–H and O–H groups in total. The number of H-pyrrole nitrogens is 1. The van der Waals surface area contributed by atoms with E-state index in [1.165, 1.54) is 0 Å². The third-order valence-corrected chi connectivity index (χ3v) is 5.93. The molecule has 1 aliphatic rings. The summed E-state index contributed by atoms with van der Waals surface area (Å²) in [6, 6.07) is 9.36. The number of hydrogen-bond donors (Lipinski definition) is 2. The number of amides is 1. The molecule has 1 aliphatic heterocycles. The van der Waals surface area contributed by atoms with E-state index in [-0.39, 0.29) is 23.9 Å². The van der Waals surface area contributed by atoms with Gasteiger partial charge >= 0.3 is 0 Å². The van der Waals surface area contributed by atoms with Gasteiger partial charge in [0.15, 0.2) is 0 Å². The molecule has 4 rings (SSSR count). The largest absolute Gasteiger partial charge is 0.483 e. The lowest BCUT2D eigenvalue weighted by molar-refractivity contribution is -0.122. The molecule has 33 heavy (non-hydrogen) atoms. The second kappa shape index (κ2) is 10.7. The Morgan fingerprint density at radius 1 is 1.21 bits per heavy atom. The maximum atomic E-state index is 13.0. The maximum absolute atomic E-state index is 13.0. The summed E-state index contributed by atoms with van der Waals surface area (Å²) in [5.74, 6) is 0.905. The lowest BCUT2D eigenvalue weighted by Crippen LogP contribution is -2.38. The van der Waals surface area contributed by atoms with Crippen LogP contribution in [0, 0.1) is 13.8 Å². The lowest BCUT2D eigenvalue weighted by Gasteiger charge is -2.31. The number of piperidine rings is 1. The Bertz CT molecular complexity index is 1160. The van der Waals surface area contributed by atoms with E-state index in [0.717, 1.165) is 41.9 Å². The number of benzene rings is 1. The fraction of sp³-hybridized carbons (Fsp3) is 0.375. The van der Waals surface area contributed by atoms with E-state index in [2.05, 4.69) is 28.9 Å². The van der Waals surface area contributed by atoms with Crippen molar-refractivity contribution >= 4 is 12.4 Å². The Kier molecular flexibility index (Phi) is 7.76. The van der Waals surface area contributed by atoms with Gasteiger partial charge in [0, 0.05) is 48.4 Å². The van der Waals surface area contributed by atoms with Gasteiger partial charge in [-0.05, 0) is 51.3 Å². The first-order valence-electron chi connectivity index (χ1n) is 11.0. The molecule has 3 aromatic rings. The van der Waals surface area contributed by atoms with E-state index >= 15 is 0 Å². The summed E-state index contributed by atoms with van der Waals surface area (Å²) in [6.45, 7) is 7.85. The van der Waals surface area contributed by atoms with Crippen LogP contribution in [-0.4, -0.2) is 55.2 Å². The predicted molar refractivity (Wildman–Crippen MR) is 124 cm³/mol. The van der Waals surface area contributed by atoms with E-state index in [9.17, 15) is 9.59 Å². The number of hydrogen-bond acceptors (Lipinski definition) is 5. The number of carbonyl (C=O) groups is 2. The smallest absolute Gasteiger partial charge is 0.290 e. The minimum atomic E-state index is -0.250. The second-order valence-electron chi connectivity index (χ2n) is 7.96. The van der Waals surface area contributed by atoms with Crippen molar-refractivity contribution in [2.75, 3.05) is 13.1 Å².